The molecule has 0 atom stereocenters. The molecule has 0 saturated carbocycles. The smallest absolute Gasteiger partial charge is 0.225 e. The van der Waals surface area contributed by atoms with Gasteiger partial charge in [0.05, 0.1) is 29.8 Å². The molecule has 1 aromatic carbocycles. The molecule has 0 aliphatic carbocycles. The van der Waals surface area contributed by atoms with Crippen LogP contribution in [0.2, 0.25) is 0 Å². The SMILES string of the molecule is CCCS(=O)(=O)Cc1ccc(F)c(-n2cc(-c3cncnc3)c3nc(N(C)C4CCN(CCOC)CC4)ncc32)c1F. The second-order valence-corrected chi connectivity index (χ2v) is 12.8. The number of sulfone groups is 1. The van der Waals surface area contributed by atoms with Crippen molar-refractivity contribution in [1.82, 2.24) is 29.4 Å². The van der Waals surface area contributed by atoms with Gasteiger partial charge in [0.25, 0.3) is 0 Å². The summed E-state index contributed by atoms with van der Waals surface area (Å²) in [7, 11) is 0.0987. The zero-order chi connectivity index (χ0) is 29.9. The fourth-order valence-corrected chi connectivity index (χ4v) is 6.92. The van der Waals surface area contributed by atoms with Crippen LogP contribution in [-0.2, 0) is 20.3 Å². The summed E-state index contributed by atoms with van der Waals surface area (Å²) in [5, 5.41) is 0. The highest BCUT2D eigenvalue weighted by molar-refractivity contribution is 7.90. The van der Waals surface area contributed by atoms with Crippen LogP contribution in [0.15, 0.2) is 43.2 Å². The van der Waals surface area contributed by atoms with Gasteiger partial charge in [-0.2, -0.15) is 0 Å². The number of likely N-dealkylation sites (tertiary alicyclic amines) is 1. The van der Waals surface area contributed by atoms with Gasteiger partial charge in [-0.25, -0.2) is 37.1 Å². The van der Waals surface area contributed by atoms with Crippen molar-refractivity contribution >= 4 is 26.8 Å². The Labute approximate surface area is 244 Å². The van der Waals surface area contributed by atoms with Crippen molar-refractivity contribution in [1.29, 1.82) is 0 Å². The van der Waals surface area contributed by atoms with Gasteiger partial charge in [-0.05, 0) is 25.3 Å². The summed E-state index contributed by atoms with van der Waals surface area (Å²) in [4.78, 5) is 22.1. The molecule has 0 N–H and O–H groups in total. The number of benzene rings is 1. The molecule has 4 heterocycles. The van der Waals surface area contributed by atoms with Gasteiger partial charge in [-0.3, -0.25) is 0 Å². The van der Waals surface area contributed by atoms with Gasteiger partial charge in [0.1, 0.15) is 23.3 Å². The lowest BCUT2D eigenvalue weighted by atomic mass is 10.0. The first-order valence-electron chi connectivity index (χ1n) is 14.0. The Balaban J connectivity index is 1.56. The predicted octanol–water partition coefficient (Wildman–Crippen LogP) is 4.03. The van der Waals surface area contributed by atoms with Crippen LogP contribution in [0.1, 0.15) is 31.7 Å². The predicted molar refractivity (Wildman–Crippen MR) is 157 cm³/mol. The van der Waals surface area contributed by atoms with Gasteiger partial charge < -0.3 is 19.1 Å². The molecule has 5 rings (SSSR count). The van der Waals surface area contributed by atoms with Gasteiger partial charge in [-0.1, -0.05) is 13.0 Å². The number of piperidine rings is 1. The third kappa shape index (κ3) is 6.27. The molecular formula is C29H35F2N7O3S. The number of hydrogen-bond acceptors (Lipinski definition) is 9. The monoisotopic (exact) mass is 599 g/mol. The summed E-state index contributed by atoms with van der Waals surface area (Å²) < 4.78 is 62.7. The molecule has 0 spiro atoms. The first kappa shape index (κ1) is 29.9. The Bertz CT molecular complexity index is 1640. The second kappa shape index (κ2) is 12.8. The Kier molecular flexibility index (Phi) is 9.09. The van der Waals surface area contributed by atoms with E-state index in [1.165, 1.54) is 17.0 Å². The van der Waals surface area contributed by atoms with E-state index in [4.69, 9.17) is 9.72 Å². The van der Waals surface area contributed by atoms with E-state index < -0.39 is 27.2 Å². The summed E-state index contributed by atoms with van der Waals surface area (Å²) in [6, 6.07) is 2.50. The molecule has 1 aliphatic heterocycles. The van der Waals surface area contributed by atoms with Crippen LogP contribution in [0.25, 0.3) is 27.8 Å². The lowest BCUT2D eigenvalue weighted by Crippen LogP contribution is -2.44. The maximum absolute atomic E-state index is 15.9. The first-order chi connectivity index (χ1) is 20.2. The van der Waals surface area contributed by atoms with E-state index in [1.54, 1.807) is 38.8 Å². The molecule has 42 heavy (non-hydrogen) atoms. The summed E-state index contributed by atoms with van der Waals surface area (Å²) in [6.45, 7) is 5.20. The number of aromatic nitrogens is 5. The van der Waals surface area contributed by atoms with Crippen molar-refractivity contribution in [2.75, 3.05) is 51.1 Å². The van der Waals surface area contributed by atoms with Crippen LogP contribution < -0.4 is 4.90 Å². The van der Waals surface area contributed by atoms with Crippen molar-refractivity contribution in [3.05, 3.63) is 60.4 Å². The fourth-order valence-electron chi connectivity index (χ4n) is 5.45. The number of ether oxygens (including phenoxy) is 1. The van der Waals surface area contributed by atoms with Crippen molar-refractivity contribution in [2.45, 2.75) is 38.0 Å². The number of nitrogens with zero attached hydrogens (tertiary/aromatic N) is 7. The zero-order valence-corrected chi connectivity index (χ0v) is 24.8. The van der Waals surface area contributed by atoms with Gasteiger partial charge in [0.15, 0.2) is 15.7 Å². The van der Waals surface area contributed by atoms with Crippen LogP contribution in [0.4, 0.5) is 14.7 Å². The molecule has 0 bridgehead atoms. The lowest BCUT2D eigenvalue weighted by molar-refractivity contribution is 0.130. The minimum atomic E-state index is -3.56. The standard InChI is InChI=1S/C29H35F2N7O3S/c1-4-13-42(39,40)18-20-5-6-24(30)28(26(20)31)38-17-23(21-14-32-19-33-15-21)27-25(38)16-34-29(35-27)36(2)22-7-9-37(10-8-22)11-12-41-3/h5-6,14-17,19,22H,4,7-13,18H2,1-3H3. The highest BCUT2D eigenvalue weighted by atomic mass is 32.2. The molecule has 1 fully saturated rings. The van der Waals surface area contributed by atoms with E-state index in [-0.39, 0.29) is 23.0 Å². The fraction of sp³-hybridized carbons (Fsp3) is 0.448. The minimum absolute atomic E-state index is 0.0833. The average Bonchev–Trinajstić information content (AvgIpc) is 3.36. The molecular weight excluding hydrogens is 564 g/mol. The van der Waals surface area contributed by atoms with Crippen LogP contribution in [0, 0.1) is 11.6 Å². The Morgan fingerprint density at radius 3 is 2.55 bits per heavy atom. The van der Waals surface area contributed by atoms with Crippen LogP contribution in [-0.4, -0.2) is 90.0 Å². The van der Waals surface area contributed by atoms with Gasteiger partial charge in [0, 0.05) is 75.1 Å². The highest BCUT2D eigenvalue weighted by Gasteiger charge is 2.27. The maximum Gasteiger partial charge on any atom is 0.225 e. The molecule has 13 heteroatoms. The van der Waals surface area contributed by atoms with Crippen molar-refractivity contribution in [3.63, 3.8) is 0 Å². The van der Waals surface area contributed by atoms with Crippen molar-refractivity contribution in [2.24, 2.45) is 0 Å². The van der Waals surface area contributed by atoms with Gasteiger partial charge >= 0.3 is 0 Å². The molecule has 1 aliphatic rings. The van der Waals surface area contributed by atoms with Gasteiger partial charge in [-0.15, -0.1) is 0 Å². The van der Waals surface area contributed by atoms with E-state index in [0.29, 0.717) is 41.1 Å². The Hall–Kier alpha value is -3.55. The molecule has 0 radical (unpaired) electrons. The molecule has 224 valence electrons. The second-order valence-electron chi connectivity index (χ2n) is 10.6. The number of anilines is 1. The van der Waals surface area contributed by atoms with E-state index in [2.05, 4.69) is 24.8 Å². The van der Waals surface area contributed by atoms with Crippen LogP contribution in [0.5, 0.6) is 0 Å². The molecule has 0 unspecified atom stereocenters. The third-order valence-electron chi connectivity index (χ3n) is 7.71. The largest absolute Gasteiger partial charge is 0.383 e. The lowest BCUT2D eigenvalue weighted by Gasteiger charge is -2.36. The van der Waals surface area contributed by atoms with E-state index >= 15 is 8.78 Å². The number of rotatable bonds is 11. The van der Waals surface area contributed by atoms with E-state index in [0.717, 1.165) is 38.5 Å². The number of halogens is 2. The third-order valence-corrected chi connectivity index (χ3v) is 9.49. The van der Waals surface area contributed by atoms with E-state index in [9.17, 15) is 8.42 Å². The highest BCUT2D eigenvalue weighted by Crippen LogP contribution is 2.34. The topological polar surface area (TPSA) is 106 Å². The van der Waals surface area contributed by atoms with Crippen LogP contribution >= 0.6 is 0 Å². The normalized spacial score (nSPS) is 15.0. The molecule has 3 aromatic heterocycles. The Morgan fingerprint density at radius 1 is 1.12 bits per heavy atom. The molecule has 4 aromatic rings. The molecule has 10 nitrogen and oxygen atoms in total. The zero-order valence-electron chi connectivity index (χ0n) is 24.0. The number of hydrogen-bond donors (Lipinski definition) is 0. The van der Waals surface area contributed by atoms with E-state index in [1.807, 2.05) is 7.05 Å². The number of fused-ring (bicyclic) bond motifs is 1. The maximum atomic E-state index is 15.9. The van der Waals surface area contributed by atoms with Crippen molar-refractivity contribution < 1.29 is 21.9 Å². The average molecular weight is 600 g/mol. The molecule has 1 saturated heterocycles. The van der Waals surface area contributed by atoms with Gasteiger partial charge in [0.2, 0.25) is 5.95 Å². The Morgan fingerprint density at radius 2 is 1.86 bits per heavy atom. The van der Waals surface area contributed by atoms with Crippen LogP contribution in [0.3, 0.4) is 0 Å². The first-order valence-corrected chi connectivity index (χ1v) is 15.8. The minimum Gasteiger partial charge on any atom is -0.383 e. The summed E-state index contributed by atoms with van der Waals surface area (Å²) in [6.07, 6.45) is 10.0. The quantitative estimate of drug-likeness (QED) is 0.253. The summed E-state index contributed by atoms with van der Waals surface area (Å²) >= 11 is 0. The summed E-state index contributed by atoms with van der Waals surface area (Å²) in [5.41, 5.74) is 1.54. The summed E-state index contributed by atoms with van der Waals surface area (Å²) in [5.74, 6) is -1.88. The number of methoxy groups -OCH3 is 1. The molecule has 0 amide bonds. The van der Waals surface area contributed by atoms with Crippen molar-refractivity contribution in [3.8, 4) is 16.8 Å².